The first-order valence-electron chi connectivity index (χ1n) is 13.3. The number of nitrogens with one attached hydrogen (secondary N) is 1. The number of piperidine rings is 1. The number of hydrogen-bond acceptors (Lipinski definition) is 6. The molecule has 42 heavy (non-hydrogen) atoms. The van der Waals surface area contributed by atoms with Crippen LogP contribution < -0.4 is 10.5 Å². The maximum absolute atomic E-state index is 13.8. The monoisotopic (exact) mass is 597 g/mol. The minimum atomic E-state index is -4.81. The average Bonchev–Trinajstić information content (AvgIpc) is 3.27. The SMILES string of the molecule is CC(C)(C)OC(=O)N(c1cccc(F)c1)c1cc(=O)[nH]n2c(C(F)(F)F)cnc12.CC(C)(C)OC(=O)N1CCCCC1. The molecule has 3 heterocycles. The van der Waals surface area contributed by atoms with E-state index < -0.39 is 34.9 Å². The lowest BCUT2D eigenvalue weighted by Gasteiger charge is -2.29. The Morgan fingerprint density at radius 3 is 2.12 bits per heavy atom. The summed E-state index contributed by atoms with van der Waals surface area (Å²) >= 11 is 0. The van der Waals surface area contributed by atoms with Gasteiger partial charge in [0, 0.05) is 19.2 Å². The largest absolute Gasteiger partial charge is 0.444 e. The average molecular weight is 598 g/mol. The number of likely N-dealkylation sites (tertiary alicyclic amines) is 1. The van der Waals surface area contributed by atoms with E-state index >= 15 is 0 Å². The Hall–Kier alpha value is -4.10. The molecule has 4 rings (SSSR count). The van der Waals surface area contributed by atoms with Crippen LogP contribution in [0.5, 0.6) is 0 Å². The molecule has 10 nitrogen and oxygen atoms in total. The Morgan fingerprint density at radius 2 is 1.57 bits per heavy atom. The van der Waals surface area contributed by atoms with Gasteiger partial charge in [-0.1, -0.05) is 6.07 Å². The number of fused-ring (bicyclic) bond motifs is 1. The molecule has 1 aromatic carbocycles. The maximum atomic E-state index is 13.8. The number of carbonyl (C=O) groups excluding carboxylic acids is 2. The van der Waals surface area contributed by atoms with E-state index in [9.17, 15) is 31.9 Å². The number of aromatic amines is 1. The van der Waals surface area contributed by atoms with Gasteiger partial charge in [0.25, 0.3) is 5.56 Å². The molecule has 2 amide bonds. The fourth-order valence-electron chi connectivity index (χ4n) is 4.01. The number of rotatable bonds is 2. The van der Waals surface area contributed by atoms with Crippen molar-refractivity contribution in [2.24, 2.45) is 0 Å². The maximum Gasteiger partial charge on any atom is 0.434 e. The number of hydrogen-bond donors (Lipinski definition) is 1. The van der Waals surface area contributed by atoms with E-state index in [1.54, 1.807) is 25.7 Å². The molecule has 1 aliphatic heterocycles. The molecule has 1 saturated heterocycles. The highest BCUT2D eigenvalue weighted by atomic mass is 19.4. The van der Waals surface area contributed by atoms with Crippen LogP contribution >= 0.6 is 0 Å². The van der Waals surface area contributed by atoms with Gasteiger partial charge in [-0.25, -0.2) is 28.4 Å². The molecule has 0 spiro atoms. The second kappa shape index (κ2) is 12.4. The van der Waals surface area contributed by atoms with Crippen LogP contribution in [-0.4, -0.2) is 56.0 Å². The summed E-state index contributed by atoms with van der Waals surface area (Å²) in [5, 5.41) is 2.02. The van der Waals surface area contributed by atoms with Gasteiger partial charge in [-0.2, -0.15) is 13.2 Å². The second-order valence-electron chi connectivity index (χ2n) is 11.6. The lowest BCUT2D eigenvalue weighted by atomic mass is 10.1. The minimum absolute atomic E-state index is 0.0525. The summed E-state index contributed by atoms with van der Waals surface area (Å²) in [6.45, 7) is 12.2. The zero-order valence-electron chi connectivity index (χ0n) is 24.3. The Balaban J connectivity index is 0.000000312. The number of halogens is 4. The predicted octanol–water partition coefficient (Wildman–Crippen LogP) is 6.66. The van der Waals surface area contributed by atoms with Crippen molar-refractivity contribution in [3.05, 3.63) is 58.4 Å². The lowest BCUT2D eigenvalue weighted by Crippen LogP contribution is -2.39. The zero-order valence-corrected chi connectivity index (χ0v) is 24.3. The van der Waals surface area contributed by atoms with Gasteiger partial charge in [0.1, 0.15) is 22.7 Å². The van der Waals surface area contributed by atoms with Crippen molar-refractivity contribution in [2.75, 3.05) is 18.0 Å². The highest BCUT2D eigenvalue weighted by Crippen LogP contribution is 2.34. The van der Waals surface area contributed by atoms with Crippen molar-refractivity contribution in [1.29, 1.82) is 0 Å². The molecule has 0 atom stereocenters. The Bertz CT molecular complexity index is 1460. The van der Waals surface area contributed by atoms with E-state index in [0.717, 1.165) is 49.0 Å². The molecular weight excluding hydrogens is 562 g/mol. The summed E-state index contributed by atoms with van der Waals surface area (Å²) in [6.07, 6.45) is -2.01. The van der Waals surface area contributed by atoms with Gasteiger partial charge >= 0.3 is 18.4 Å². The molecule has 1 fully saturated rings. The van der Waals surface area contributed by atoms with Gasteiger partial charge < -0.3 is 14.4 Å². The van der Waals surface area contributed by atoms with Crippen molar-refractivity contribution >= 4 is 29.2 Å². The minimum Gasteiger partial charge on any atom is -0.444 e. The number of imidazole rings is 1. The van der Waals surface area contributed by atoms with E-state index in [1.807, 2.05) is 25.9 Å². The van der Waals surface area contributed by atoms with Crippen LogP contribution in [0.1, 0.15) is 66.5 Å². The van der Waals surface area contributed by atoms with Crippen LogP contribution in [0.15, 0.2) is 41.3 Å². The van der Waals surface area contributed by atoms with Gasteiger partial charge in [-0.15, -0.1) is 0 Å². The van der Waals surface area contributed by atoms with Crippen molar-refractivity contribution < 1.29 is 36.6 Å². The second-order valence-corrected chi connectivity index (χ2v) is 11.6. The third-order valence-electron chi connectivity index (χ3n) is 5.66. The normalized spacial score (nSPS) is 14.2. The summed E-state index contributed by atoms with van der Waals surface area (Å²) in [6, 6.07) is 5.64. The molecule has 14 heteroatoms. The van der Waals surface area contributed by atoms with Crippen molar-refractivity contribution in [3.8, 4) is 0 Å². The number of H-pyrrole nitrogens is 1. The number of benzene rings is 1. The summed E-state index contributed by atoms with van der Waals surface area (Å²) < 4.78 is 64.5. The third-order valence-corrected chi connectivity index (χ3v) is 5.66. The zero-order chi connectivity index (χ0) is 31.5. The highest BCUT2D eigenvalue weighted by Gasteiger charge is 2.37. The molecular formula is C28H35F4N5O5. The Labute approximate surface area is 240 Å². The number of ether oxygens (including phenoxy) is 2. The number of aromatic nitrogens is 3. The van der Waals surface area contributed by atoms with Gasteiger partial charge in [0.15, 0.2) is 11.3 Å². The summed E-state index contributed by atoms with van der Waals surface area (Å²) in [5.74, 6) is -0.698. The quantitative estimate of drug-likeness (QED) is 0.331. The number of alkyl halides is 3. The van der Waals surface area contributed by atoms with Gasteiger partial charge in [0.05, 0.1) is 11.9 Å². The Kier molecular flexibility index (Phi) is 9.58. The smallest absolute Gasteiger partial charge is 0.434 e. The van der Waals surface area contributed by atoms with Crippen molar-refractivity contribution in [1.82, 2.24) is 19.5 Å². The van der Waals surface area contributed by atoms with Crippen LogP contribution in [0, 0.1) is 5.82 Å². The van der Waals surface area contributed by atoms with Crippen LogP contribution in [-0.2, 0) is 15.7 Å². The van der Waals surface area contributed by atoms with Crippen LogP contribution in [0.25, 0.3) is 5.65 Å². The first-order valence-corrected chi connectivity index (χ1v) is 13.3. The molecule has 1 aliphatic rings. The lowest BCUT2D eigenvalue weighted by molar-refractivity contribution is -0.142. The van der Waals surface area contributed by atoms with Gasteiger partial charge in [0.2, 0.25) is 0 Å². The van der Waals surface area contributed by atoms with Crippen LogP contribution in [0.3, 0.4) is 0 Å². The summed E-state index contributed by atoms with van der Waals surface area (Å²) in [7, 11) is 0. The molecule has 2 aromatic heterocycles. The van der Waals surface area contributed by atoms with Gasteiger partial charge in [-0.3, -0.25) is 9.89 Å². The number of anilines is 2. The van der Waals surface area contributed by atoms with Crippen LogP contribution in [0.4, 0.5) is 38.5 Å². The van der Waals surface area contributed by atoms with E-state index in [4.69, 9.17) is 9.47 Å². The Morgan fingerprint density at radius 1 is 0.952 bits per heavy atom. The summed E-state index contributed by atoms with van der Waals surface area (Å²) in [4.78, 5) is 42.7. The molecule has 0 saturated carbocycles. The van der Waals surface area contributed by atoms with E-state index in [2.05, 4.69) is 4.98 Å². The number of amides is 2. The third kappa shape index (κ3) is 8.70. The molecule has 230 valence electrons. The number of carbonyl (C=O) groups is 2. The highest BCUT2D eigenvalue weighted by molar-refractivity contribution is 5.99. The van der Waals surface area contributed by atoms with E-state index in [1.165, 1.54) is 18.6 Å². The standard InChI is InChI=1S/C18H16F4N4O3.C10H19NO2/c1-17(2,3)29-16(28)25(11-6-4-5-10(19)7-11)12-8-14(27)24-26-13(18(20,21)22)9-23-15(12)26;1-10(2,3)13-9(12)11-7-5-4-6-8-11/h4-9H,1-3H3,(H,24,27);4-8H2,1-3H3. The molecule has 1 N–H and O–H groups in total. The first-order chi connectivity index (χ1) is 19.4. The fraction of sp³-hybridized carbons (Fsp3) is 0.500. The molecule has 0 bridgehead atoms. The molecule has 3 aromatic rings. The van der Waals surface area contributed by atoms with Crippen molar-refractivity contribution in [2.45, 2.75) is 78.2 Å². The first kappa shape index (κ1) is 32.4. The topological polar surface area (TPSA) is 109 Å². The van der Waals surface area contributed by atoms with Crippen molar-refractivity contribution in [3.63, 3.8) is 0 Å². The van der Waals surface area contributed by atoms with Gasteiger partial charge in [-0.05, 0) is 79.0 Å². The molecule has 0 aliphatic carbocycles. The van der Waals surface area contributed by atoms with E-state index in [-0.39, 0.29) is 28.7 Å². The van der Waals surface area contributed by atoms with E-state index in [0.29, 0.717) is 10.7 Å². The predicted molar refractivity (Wildman–Crippen MR) is 147 cm³/mol. The van der Waals surface area contributed by atoms with Crippen LogP contribution in [0.2, 0.25) is 0 Å². The fourth-order valence-corrected chi connectivity index (χ4v) is 4.01. The number of nitrogens with zero attached hydrogens (tertiary/aromatic N) is 4. The molecule has 0 radical (unpaired) electrons. The summed E-state index contributed by atoms with van der Waals surface area (Å²) in [5.41, 5.74) is -4.23. The molecule has 0 unspecified atom stereocenters.